The second-order valence-corrected chi connectivity index (χ2v) is 6.88. The summed E-state index contributed by atoms with van der Waals surface area (Å²) in [6.07, 6.45) is 2.14. The molecule has 0 radical (unpaired) electrons. The molecule has 2 rings (SSSR count). The number of benzene rings is 2. The van der Waals surface area contributed by atoms with E-state index in [1.165, 1.54) is 32.3 Å². The predicted octanol–water partition coefficient (Wildman–Crippen LogP) is 6.37. The van der Waals surface area contributed by atoms with E-state index < -0.39 is 0 Å². The van der Waals surface area contributed by atoms with Gasteiger partial charge in [-0.1, -0.05) is 76.0 Å². The van der Waals surface area contributed by atoms with Crippen molar-refractivity contribution in [3.05, 3.63) is 68.7 Å². The molecule has 20 heavy (non-hydrogen) atoms. The Hall–Kier alpha value is -0.600. The van der Waals surface area contributed by atoms with E-state index in [0.29, 0.717) is 0 Å². The van der Waals surface area contributed by atoms with Crippen molar-refractivity contribution in [1.29, 1.82) is 0 Å². The fourth-order valence-electron chi connectivity index (χ4n) is 2.37. The van der Waals surface area contributed by atoms with Crippen molar-refractivity contribution >= 4 is 31.9 Å². The summed E-state index contributed by atoms with van der Waals surface area (Å²) in [6.45, 7) is 6.54. The first kappa shape index (κ1) is 15.8. The predicted molar refractivity (Wildman–Crippen MR) is 94.8 cm³/mol. The Morgan fingerprint density at radius 1 is 1.00 bits per heavy atom. The molecule has 0 spiro atoms. The largest absolute Gasteiger partial charge is 0.0786 e. The Labute approximate surface area is 138 Å². The van der Waals surface area contributed by atoms with Crippen LogP contribution in [0.2, 0.25) is 0 Å². The summed E-state index contributed by atoms with van der Waals surface area (Å²) in [5.74, 6) is 0. The molecule has 1 unspecified atom stereocenters. The lowest BCUT2D eigenvalue weighted by molar-refractivity contribution is 1.03. The fraction of sp³-hybridized carbons (Fsp3) is 0.333. The second-order valence-electron chi connectivity index (χ2n) is 5.11. The smallest absolute Gasteiger partial charge is 0.0647 e. The zero-order valence-electron chi connectivity index (χ0n) is 12.2. The van der Waals surface area contributed by atoms with Crippen molar-refractivity contribution in [2.75, 3.05) is 0 Å². The summed E-state index contributed by atoms with van der Waals surface area (Å²) in [6, 6.07) is 13.4. The van der Waals surface area contributed by atoms with Gasteiger partial charge in [0.1, 0.15) is 0 Å². The summed E-state index contributed by atoms with van der Waals surface area (Å²) in [5.41, 5.74) is 6.77. The van der Waals surface area contributed by atoms with Crippen molar-refractivity contribution < 1.29 is 0 Å². The third kappa shape index (κ3) is 3.35. The van der Waals surface area contributed by atoms with Crippen molar-refractivity contribution in [2.24, 2.45) is 0 Å². The van der Waals surface area contributed by atoms with E-state index in [1.54, 1.807) is 0 Å². The summed E-state index contributed by atoms with van der Waals surface area (Å²) < 4.78 is 1.17. The molecule has 0 aliphatic rings. The first-order chi connectivity index (χ1) is 9.56. The highest BCUT2D eigenvalue weighted by Gasteiger charge is 2.15. The highest BCUT2D eigenvalue weighted by molar-refractivity contribution is 9.10. The van der Waals surface area contributed by atoms with Crippen molar-refractivity contribution in [3.8, 4) is 0 Å². The van der Waals surface area contributed by atoms with Gasteiger partial charge in [-0.15, -0.1) is 0 Å². The molecule has 1 atom stereocenters. The molecule has 0 N–H and O–H groups in total. The standard InChI is InChI=1S/C18H20Br2/c1-4-13-7-9-14(5-2)16(10-13)18(20)15-8-6-12(3)17(19)11-15/h6-11,18H,4-5H2,1-3H3. The highest BCUT2D eigenvalue weighted by atomic mass is 79.9. The molecule has 0 nitrogen and oxygen atoms in total. The first-order valence-electron chi connectivity index (χ1n) is 7.08. The maximum Gasteiger partial charge on any atom is 0.0647 e. The average molecular weight is 396 g/mol. The van der Waals surface area contributed by atoms with Crippen LogP contribution >= 0.6 is 31.9 Å². The van der Waals surface area contributed by atoms with Gasteiger partial charge >= 0.3 is 0 Å². The average Bonchev–Trinajstić information content (AvgIpc) is 2.48. The minimum absolute atomic E-state index is 0.251. The van der Waals surface area contributed by atoms with Crippen LogP contribution in [0.3, 0.4) is 0 Å². The second kappa shape index (κ2) is 6.91. The fourth-order valence-corrected chi connectivity index (χ4v) is 3.48. The third-order valence-corrected chi connectivity index (χ3v) is 5.64. The lowest BCUT2D eigenvalue weighted by Gasteiger charge is -2.17. The number of hydrogen-bond acceptors (Lipinski definition) is 0. The first-order valence-corrected chi connectivity index (χ1v) is 8.79. The van der Waals surface area contributed by atoms with E-state index in [9.17, 15) is 0 Å². The van der Waals surface area contributed by atoms with Crippen LogP contribution in [0.4, 0.5) is 0 Å². The Morgan fingerprint density at radius 3 is 2.35 bits per heavy atom. The van der Waals surface area contributed by atoms with E-state index in [2.05, 4.69) is 89.0 Å². The molecule has 0 amide bonds. The Bertz CT molecular complexity index is 602. The number of alkyl halides is 1. The lowest BCUT2D eigenvalue weighted by atomic mass is 9.95. The summed E-state index contributed by atoms with van der Waals surface area (Å²) >= 11 is 7.52. The molecule has 2 aromatic rings. The zero-order valence-corrected chi connectivity index (χ0v) is 15.4. The summed E-state index contributed by atoms with van der Waals surface area (Å²) in [4.78, 5) is 0.251. The summed E-state index contributed by atoms with van der Waals surface area (Å²) in [5, 5.41) is 0. The van der Waals surface area contributed by atoms with E-state index >= 15 is 0 Å². The third-order valence-electron chi connectivity index (χ3n) is 3.76. The highest BCUT2D eigenvalue weighted by Crippen LogP contribution is 2.35. The van der Waals surface area contributed by atoms with Gasteiger partial charge in [-0.2, -0.15) is 0 Å². The Balaban J connectivity index is 2.45. The van der Waals surface area contributed by atoms with Gasteiger partial charge in [0.2, 0.25) is 0 Å². The van der Waals surface area contributed by atoms with Crippen LogP contribution in [0.15, 0.2) is 40.9 Å². The maximum absolute atomic E-state index is 3.89. The molecular weight excluding hydrogens is 376 g/mol. The molecule has 0 heterocycles. The quantitative estimate of drug-likeness (QED) is 0.527. The number of aryl methyl sites for hydroxylation is 3. The lowest BCUT2D eigenvalue weighted by Crippen LogP contribution is -2.00. The molecule has 0 aromatic heterocycles. The van der Waals surface area contributed by atoms with Gasteiger partial charge in [0, 0.05) is 4.47 Å². The normalized spacial score (nSPS) is 12.4. The minimum Gasteiger partial charge on any atom is -0.0786 e. The van der Waals surface area contributed by atoms with Crippen molar-refractivity contribution in [2.45, 2.75) is 38.4 Å². The van der Waals surface area contributed by atoms with Gasteiger partial charge in [0.05, 0.1) is 4.83 Å². The Morgan fingerprint density at radius 2 is 1.75 bits per heavy atom. The van der Waals surface area contributed by atoms with Crippen LogP contribution in [0.1, 0.15) is 46.5 Å². The molecule has 0 aliphatic carbocycles. The molecule has 0 saturated heterocycles. The van der Waals surface area contributed by atoms with Crippen LogP contribution < -0.4 is 0 Å². The van der Waals surface area contributed by atoms with Gasteiger partial charge in [-0.3, -0.25) is 0 Å². The molecule has 0 aliphatic heterocycles. The SMILES string of the molecule is CCc1ccc(CC)c(C(Br)c2ccc(C)c(Br)c2)c1. The van der Waals surface area contributed by atoms with Crippen molar-refractivity contribution in [1.82, 2.24) is 0 Å². The van der Waals surface area contributed by atoms with E-state index in [0.717, 1.165) is 12.8 Å². The van der Waals surface area contributed by atoms with Gasteiger partial charge < -0.3 is 0 Å². The summed E-state index contributed by atoms with van der Waals surface area (Å²) in [7, 11) is 0. The van der Waals surface area contributed by atoms with Gasteiger partial charge in [0.25, 0.3) is 0 Å². The zero-order chi connectivity index (χ0) is 14.7. The van der Waals surface area contributed by atoms with Crippen LogP contribution in [0.5, 0.6) is 0 Å². The van der Waals surface area contributed by atoms with Crippen molar-refractivity contribution in [3.63, 3.8) is 0 Å². The van der Waals surface area contributed by atoms with Crippen LogP contribution in [0.25, 0.3) is 0 Å². The molecule has 0 saturated carbocycles. The molecule has 0 bridgehead atoms. The maximum atomic E-state index is 3.89. The topological polar surface area (TPSA) is 0 Å². The molecule has 106 valence electrons. The van der Waals surface area contributed by atoms with E-state index in [1.807, 2.05) is 0 Å². The Kier molecular flexibility index (Phi) is 5.45. The minimum atomic E-state index is 0.251. The van der Waals surface area contributed by atoms with Gasteiger partial charge in [-0.05, 0) is 53.6 Å². The number of hydrogen-bond donors (Lipinski definition) is 0. The number of halogens is 2. The van der Waals surface area contributed by atoms with Crippen LogP contribution in [-0.4, -0.2) is 0 Å². The molecule has 0 fully saturated rings. The monoisotopic (exact) mass is 394 g/mol. The molecule has 2 heteroatoms. The van der Waals surface area contributed by atoms with E-state index in [-0.39, 0.29) is 4.83 Å². The van der Waals surface area contributed by atoms with Crippen LogP contribution in [0, 0.1) is 6.92 Å². The van der Waals surface area contributed by atoms with E-state index in [4.69, 9.17) is 0 Å². The molecule has 2 aromatic carbocycles. The van der Waals surface area contributed by atoms with Gasteiger partial charge in [-0.25, -0.2) is 0 Å². The number of rotatable bonds is 4. The molecular formula is C18H20Br2. The van der Waals surface area contributed by atoms with Gasteiger partial charge in [0.15, 0.2) is 0 Å². The van der Waals surface area contributed by atoms with Crippen LogP contribution in [-0.2, 0) is 12.8 Å².